The summed E-state index contributed by atoms with van der Waals surface area (Å²) in [5.41, 5.74) is 4.99. The van der Waals surface area contributed by atoms with E-state index < -0.39 is 0 Å². The average Bonchev–Trinajstić information content (AvgIpc) is 2.82. The van der Waals surface area contributed by atoms with Crippen LogP contribution in [0.1, 0.15) is 12.5 Å². The van der Waals surface area contributed by atoms with Crippen LogP contribution in [0.25, 0.3) is 22.6 Å². The Hall–Kier alpha value is -2.29. The molecule has 19 heavy (non-hydrogen) atoms. The molecule has 3 rings (SSSR count). The number of aryl methyl sites for hydroxylation is 1. The fraction of sp³-hybridized carbons (Fsp3) is 0.188. The van der Waals surface area contributed by atoms with Gasteiger partial charge in [-0.2, -0.15) is 0 Å². The van der Waals surface area contributed by atoms with Gasteiger partial charge in [-0.25, -0.2) is 4.98 Å². The van der Waals surface area contributed by atoms with Gasteiger partial charge in [-0.15, -0.1) is 0 Å². The van der Waals surface area contributed by atoms with Crippen molar-refractivity contribution >= 4 is 16.8 Å². The van der Waals surface area contributed by atoms with Gasteiger partial charge in [0.25, 0.3) is 0 Å². The number of anilines is 1. The second kappa shape index (κ2) is 4.76. The van der Waals surface area contributed by atoms with Gasteiger partial charge in [0.1, 0.15) is 5.52 Å². The van der Waals surface area contributed by atoms with Crippen LogP contribution in [0.4, 0.5) is 5.69 Å². The summed E-state index contributed by atoms with van der Waals surface area (Å²) >= 11 is 0. The summed E-state index contributed by atoms with van der Waals surface area (Å²) in [6, 6.07) is 14.1. The lowest BCUT2D eigenvalue weighted by atomic mass is 10.1. The third-order valence-corrected chi connectivity index (χ3v) is 3.14. The molecule has 0 saturated heterocycles. The molecule has 0 saturated carbocycles. The van der Waals surface area contributed by atoms with E-state index >= 15 is 0 Å². The summed E-state index contributed by atoms with van der Waals surface area (Å²) in [6.07, 6.45) is 0. The zero-order valence-corrected chi connectivity index (χ0v) is 11.1. The normalized spacial score (nSPS) is 10.8. The van der Waals surface area contributed by atoms with Gasteiger partial charge < -0.3 is 9.73 Å². The summed E-state index contributed by atoms with van der Waals surface area (Å²) in [4.78, 5) is 4.58. The van der Waals surface area contributed by atoms with Crippen LogP contribution in [0.5, 0.6) is 0 Å². The minimum absolute atomic E-state index is 0.682. The predicted octanol–water partition coefficient (Wildman–Crippen LogP) is 4.24. The zero-order valence-electron chi connectivity index (χ0n) is 11.1. The van der Waals surface area contributed by atoms with Crippen molar-refractivity contribution in [2.75, 3.05) is 11.9 Å². The quantitative estimate of drug-likeness (QED) is 0.757. The van der Waals surface area contributed by atoms with Crippen LogP contribution < -0.4 is 5.32 Å². The van der Waals surface area contributed by atoms with Gasteiger partial charge in [0.15, 0.2) is 5.58 Å². The first-order valence-electron chi connectivity index (χ1n) is 6.48. The van der Waals surface area contributed by atoms with E-state index in [2.05, 4.69) is 30.2 Å². The van der Waals surface area contributed by atoms with Gasteiger partial charge in [0, 0.05) is 17.8 Å². The molecule has 1 N–H and O–H groups in total. The molecule has 0 spiro atoms. The molecule has 0 aliphatic heterocycles. The van der Waals surface area contributed by atoms with Crippen molar-refractivity contribution in [2.24, 2.45) is 0 Å². The Kier molecular flexibility index (Phi) is 2.95. The van der Waals surface area contributed by atoms with Crippen molar-refractivity contribution < 1.29 is 4.42 Å². The molecular weight excluding hydrogens is 236 g/mol. The third-order valence-electron chi connectivity index (χ3n) is 3.14. The zero-order chi connectivity index (χ0) is 13.2. The number of rotatable bonds is 3. The molecule has 0 bridgehead atoms. The van der Waals surface area contributed by atoms with Crippen LogP contribution in [0.15, 0.2) is 46.9 Å². The van der Waals surface area contributed by atoms with Gasteiger partial charge >= 0.3 is 0 Å². The maximum absolute atomic E-state index is 5.83. The van der Waals surface area contributed by atoms with E-state index in [9.17, 15) is 0 Å². The second-order valence-corrected chi connectivity index (χ2v) is 4.55. The van der Waals surface area contributed by atoms with Crippen LogP contribution in [0, 0.1) is 6.92 Å². The van der Waals surface area contributed by atoms with E-state index in [0.717, 1.165) is 28.9 Å². The fourth-order valence-electron chi connectivity index (χ4n) is 2.17. The van der Waals surface area contributed by atoms with E-state index in [0.29, 0.717) is 5.89 Å². The van der Waals surface area contributed by atoms with Crippen LogP contribution >= 0.6 is 0 Å². The van der Waals surface area contributed by atoms with Crippen molar-refractivity contribution in [3.8, 4) is 11.5 Å². The standard InChI is InChI=1S/C16H16N2O/c1-3-17-12-8-9-15-14(10-12)18-16(19-15)13-7-5-4-6-11(13)2/h4-10,17H,3H2,1-2H3. The Bertz CT molecular complexity index is 716. The minimum Gasteiger partial charge on any atom is -0.436 e. The summed E-state index contributed by atoms with van der Waals surface area (Å²) in [7, 11) is 0. The molecule has 0 atom stereocenters. The highest BCUT2D eigenvalue weighted by Gasteiger charge is 2.10. The lowest BCUT2D eigenvalue weighted by Crippen LogP contribution is -1.95. The van der Waals surface area contributed by atoms with Crippen LogP contribution in [-0.2, 0) is 0 Å². The van der Waals surface area contributed by atoms with Gasteiger partial charge in [-0.05, 0) is 43.7 Å². The van der Waals surface area contributed by atoms with Crippen molar-refractivity contribution in [1.82, 2.24) is 4.98 Å². The van der Waals surface area contributed by atoms with Crippen molar-refractivity contribution in [2.45, 2.75) is 13.8 Å². The highest BCUT2D eigenvalue weighted by atomic mass is 16.3. The molecule has 0 unspecified atom stereocenters. The van der Waals surface area contributed by atoms with Gasteiger partial charge in [0.05, 0.1) is 0 Å². The molecule has 1 heterocycles. The molecule has 1 aromatic heterocycles. The van der Waals surface area contributed by atoms with Crippen LogP contribution in [0.2, 0.25) is 0 Å². The first-order chi connectivity index (χ1) is 9.28. The monoisotopic (exact) mass is 252 g/mol. The molecule has 0 aliphatic rings. The number of benzene rings is 2. The van der Waals surface area contributed by atoms with E-state index in [-0.39, 0.29) is 0 Å². The largest absolute Gasteiger partial charge is 0.436 e. The maximum Gasteiger partial charge on any atom is 0.227 e. The van der Waals surface area contributed by atoms with E-state index in [1.807, 2.05) is 36.4 Å². The number of hydrogen-bond acceptors (Lipinski definition) is 3. The first-order valence-corrected chi connectivity index (χ1v) is 6.48. The van der Waals surface area contributed by atoms with Crippen molar-refractivity contribution in [1.29, 1.82) is 0 Å². The number of hydrogen-bond donors (Lipinski definition) is 1. The Labute approximate surface area is 112 Å². The van der Waals surface area contributed by atoms with E-state index in [1.54, 1.807) is 0 Å². The Morgan fingerprint density at radius 2 is 2.00 bits per heavy atom. The molecule has 2 aromatic carbocycles. The van der Waals surface area contributed by atoms with Crippen LogP contribution in [-0.4, -0.2) is 11.5 Å². The van der Waals surface area contributed by atoms with E-state index in [1.165, 1.54) is 5.56 Å². The topological polar surface area (TPSA) is 38.1 Å². The van der Waals surface area contributed by atoms with Gasteiger partial charge in [-0.3, -0.25) is 0 Å². The number of oxazole rings is 1. The lowest BCUT2D eigenvalue weighted by Gasteiger charge is -2.00. The Morgan fingerprint density at radius 1 is 1.16 bits per heavy atom. The fourth-order valence-corrected chi connectivity index (χ4v) is 2.17. The lowest BCUT2D eigenvalue weighted by molar-refractivity contribution is 0.619. The smallest absolute Gasteiger partial charge is 0.227 e. The second-order valence-electron chi connectivity index (χ2n) is 4.55. The third kappa shape index (κ3) is 2.19. The number of aromatic nitrogens is 1. The van der Waals surface area contributed by atoms with Crippen LogP contribution in [0.3, 0.4) is 0 Å². The maximum atomic E-state index is 5.83. The summed E-state index contributed by atoms with van der Waals surface area (Å²) in [6.45, 7) is 5.04. The molecule has 3 heteroatoms. The molecule has 96 valence electrons. The summed E-state index contributed by atoms with van der Waals surface area (Å²) < 4.78 is 5.83. The molecule has 3 nitrogen and oxygen atoms in total. The number of nitrogens with one attached hydrogen (secondary N) is 1. The van der Waals surface area contributed by atoms with Gasteiger partial charge in [-0.1, -0.05) is 18.2 Å². The predicted molar refractivity (Wildman–Crippen MR) is 78.3 cm³/mol. The average molecular weight is 252 g/mol. The molecule has 0 radical (unpaired) electrons. The first kappa shape index (κ1) is 11.8. The highest BCUT2D eigenvalue weighted by molar-refractivity contribution is 5.80. The number of nitrogens with zero attached hydrogens (tertiary/aromatic N) is 1. The summed E-state index contributed by atoms with van der Waals surface area (Å²) in [5, 5.41) is 3.28. The molecule has 3 aromatic rings. The molecule has 0 fully saturated rings. The van der Waals surface area contributed by atoms with Gasteiger partial charge in [0.2, 0.25) is 5.89 Å². The van der Waals surface area contributed by atoms with Crippen molar-refractivity contribution in [3.05, 3.63) is 48.0 Å². The SMILES string of the molecule is CCNc1ccc2oc(-c3ccccc3C)nc2c1. The Balaban J connectivity index is 2.09. The van der Waals surface area contributed by atoms with E-state index in [4.69, 9.17) is 4.42 Å². The number of fused-ring (bicyclic) bond motifs is 1. The summed E-state index contributed by atoms with van der Waals surface area (Å²) in [5.74, 6) is 0.682. The molecule has 0 aliphatic carbocycles. The van der Waals surface area contributed by atoms with Crippen molar-refractivity contribution in [3.63, 3.8) is 0 Å². The molecular formula is C16H16N2O. The Morgan fingerprint density at radius 3 is 2.79 bits per heavy atom. The highest BCUT2D eigenvalue weighted by Crippen LogP contribution is 2.27. The molecule has 0 amide bonds. The minimum atomic E-state index is 0.682.